The summed E-state index contributed by atoms with van der Waals surface area (Å²) in [5, 5.41) is 9.50. The third kappa shape index (κ3) is 2.92. The number of rotatable bonds is 4. The van der Waals surface area contributed by atoms with Gasteiger partial charge in [0.2, 0.25) is 0 Å². The number of benzene rings is 1. The van der Waals surface area contributed by atoms with Crippen LogP contribution in [0.15, 0.2) is 34.7 Å². The van der Waals surface area contributed by atoms with Crippen molar-refractivity contribution in [3.63, 3.8) is 0 Å². The average Bonchev–Trinajstić information content (AvgIpc) is 3.23. The second-order valence-electron chi connectivity index (χ2n) is 6.93. The number of hydrogen-bond acceptors (Lipinski definition) is 4. The first-order valence-electron chi connectivity index (χ1n) is 8.59. The molecule has 2 aliphatic rings. The number of amides is 1. The Hall–Kier alpha value is -2.63. The predicted molar refractivity (Wildman–Crippen MR) is 89.9 cm³/mol. The van der Waals surface area contributed by atoms with E-state index in [4.69, 9.17) is 4.42 Å². The zero-order chi connectivity index (χ0) is 17.6. The van der Waals surface area contributed by atoms with Gasteiger partial charge in [0, 0.05) is 25.6 Å². The molecule has 4 rings (SSSR count). The molecule has 2 heterocycles. The quantitative estimate of drug-likeness (QED) is 0.925. The fourth-order valence-electron chi connectivity index (χ4n) is 3.77. The Balaban J connectivity index is 1.63. The van der Waals surface area contributed by atoms with Crippen LogP contribution < -0.4 is 0 Å². The van der Waals surface area contributed by atoms with Crippen LogP contribution in [0, 0.1) is 24.7 Å². The number of carboxylic acid groups (broad SMARTS) is 1. The van der Waals surface area contributed by atoms with E-state index in [1.807, 2.05) is 30.3 Å². The van der Waals surface area contributed by atoms with Crippen LogP contribution in [0.3, 0.4) is 0 Å². The summed E-state index contributed by atoms with van der Waals surface area (Å²) in [5.41, 5.74) is 1.06. The molecule has 1 saturated heterocycles. The van der Waals surface area contributed by atoms with Gasteiger partial charge < -0.3 is 14.4 Å². The fraction of sp³-hybridized carbons (Fsp3) is 0.421. The van der Waals surface area contributed by atoms with Crippen molar-refractivity contribution in [2.45, 2.75) is 19.8 Å². The molecule has 2 fully saturated rings. The lowest BCUT2D eigenvalue weighted by molar-refractivity contribution is -0.142. The summed E-state index contributed by atoms with van der Waals surface area (Å²) in [6.45, 7) is 2.44. The van der Waals surface area contributed by atoms with Crippen molar-refractivity contribution in [3.8, 4) is 11.3 Å². The molecule has 1 amide bonds. The van der Waals surface area contributed by atoms with Gasteiger partial charge in [-0.15, -0.1) is 0 Å². The maximum atomic E-state index is 13.0. The number of carboxylic acids is 1. The number of likely N-dealkylation sites (tertiary alicyclic amines) is 1. The minimum absolute atomic E-state index is 0.0506. The molecule has 2 atom stereocenters. The summed E-state index contributed by atoms with van der Waals surface area (Å²) in [4.78, 5) is 30.5. The molecule has 6 heteroatoms. The predicted octanol–water partition coefficient (Wildman–Crippen LogP) is 2.83. The Morgan fingerprint density at radius 3 is 2.56 bits per heavy atom. The number of carbonyl (C=O) groups is 2. The minimum Gasteiger partial charge on any atom is -0.481 e. The van der Waals surface area contributed by atoms with Gasteiger partial charge in [0.15, 0.2) is 17.3 Å². The zero-order valence-electron chi connectivity index (χ0n) is 14.0. The first-order chi connectivity index (χ1) is 12.0. The SMILES string of the molecule is Cc1nc(C(=O)N2C[C@H](C(=O)O)[C@@H](C3CC3)C2)c(-c2ccccc2)o1. The fourth-order valence-corrected chi connectivity index (χ4v) is 3.77. The van der Waals surface area contributed by atoms with Crippen molar-refractivity contribution in [2.75, 3.05) is 13.1 Å². The zero-order valence-corrected chi connectivity index (χ0v) is 14.0. The van der Waals surface area contributed by atoms with E-state index in [-0.39, 0.29) is 24.1 Å². The standard InChI is InChI=1S/C19H20N2O4/c1-11-20-16(17(25-11)13-5-3-2-4-6-13)18(22)21-9-14(12-7-8-12)15(10-21)19(23)24/h2-6,12,14-15H,7-10H2,1H3,(H,23,24)/t14-,15+/m1/s1. The van der Waals surface area contributed by atoms with Crippen LogP contribution in [-0.4, -0.2) is 40.0 Å². The molecule has 1 aliphatic carbocycles. The summed E-state index contributed by atoms with van der Waals surface area (Å²) in [7, 11) is 0. The lowest BCUT2D eigenvalue weighted by Gasteiger charge is -2.15. The molecule has 1 aliphatic heterocycles. The van der Waals surface area contributed by atoms with Crippen molar-refractivity contribution in [1.82, 2.24) is 9.88 Å². The molecule has 25 heavy (non-hydrogen) atoms. The van der Waals surface area contributed by atoms with Gasteiger partial charge in [-0.3, -0.25) is 9.59 Å². The van der Waals surface area contributed by atoms with E-state index in [0.717, 1.165) is 18.4 Å². The van der Waals surface area contributed by atoms with E-state index in [2.05, 4.69) is 4.98 Å². The molecular formula is C19H20N2O4. The highest BCUT2D eigenvalue weighted by Crippen LogP contribution is 2.44. The van der Waals surface area contributed by atoms with Crippen LogP contribution in [0.1, 0.15) is 29.2 Å². The molecule has 1 saturated carbocycles. The largest absolute Gasteiger partial charge is 0.481 e. The lowest BCUT2D eigenvalue weighted by Crippen LogP contribution is -2.30. The highest BCUT2D eigenvalue weighted by atomic mass is 16.4. The van der Waals surface area contributed by atoms with Gasteiger partial charge in [-0.2, -0.15) is 0 Å². The van der Waals surface area contributed by atoms with Crippen LogP contribution in [-0.2, 0) is 4.79 Å². The number of aryl methyl sites for hydroxylation is 1. The van der Waals surface area contributed by atoms with Crippen molar-refractivity contribution < 1.29 is 19.1 Å². The van der Waals surface area contributed by atoms with E-state index in [1.54, 1.807) is 11.8 Å². The summed E-state index contributed by atoms with van der Waals surface area (Å²) in [6, 6.07) is 9.38. The Bertz CT molecular complexity index is 810. The third-order valence-corrected chi connectivity index (χ3v) is 5.17. The summed E-state index contributed by atoms with van der Waals surface area (Å²) in [5.74, 6) is -0.178. The Labute approximate surface area is 145 Å². The molecule has 0 unspecified atom stereocenters. The van der Waals surface area contributed by atoms with Crippen LogP contribution >= 0.6 is 0 Å². The van der Waals surface area contributed by atoms with Crippen LogP contribution in [0.4, 0.5) is 0 Å². The lowest BCUT2D eigenvalue weighted by atomic mass is 9.92. The van der Waals surface area contributed by atoms with Gasteiger partial charge in [0.05, 0.1) is 5.92 Å². The number of carbonyl (C=O) groups excluding carboxylic acids is 1. The van der Waals surface area contributed by atoms with Gasteiger partial charge in [-0.05, 0) is 24.7 Å². The van der Waals surface area contributed by atoms with Crippen LogP contribution in [0.2, 0.25) is 0 Å². The van der Waals surface area contributed by atoms with Crippen LogP contribution in [0.25, 0.3) is 11.3 Å². The topological polar surface area (TPSA) is 83.6 Å². The van der Waals surface area contributed by atoms with Crippen LogP contribution in [0.5, 0.6) is 0 Å². The van der Waals surface area contributed by atoms with E-state index >= 15 is 0 Å². The van der Waals surface area contributed by atoms with E-state index in [0.29, 0.717) is 24.1 Å². The van der Waals surface area contributed by atoms with Crippen molar-refractivity contribution >= 4 is 11.9 Å². The second kappa shape index (κ2) is 6.02. The van der Waals surface area contributed by atoms with E-state index in [1.165, 1.54) is 0 Å². The maximum Gasteiger partial charge on any atom is 0.308 e. The van der Waals surface area contributed by atoms with Gasteiger partial charge in [0.25, 0.3) is 5.91 Å². The normalized spacial score (nSPS) is 23.0. The Morgan fingerprint density at radius 1 is 1.20 bits per heavy atom. The smallest absolute Gasteiger partial charge is 0.308 e. The minimum atomic E-state index is -0.813. The highest BCUT2D eigenvalue weighted by Gasteiger charge is 2.47. The Kier molecular flexibility index (Phi) is 3.82. The Morgan fingerprint density at radius 2 is 1.92 bits per heavy atom. The molecule has 0 radical (unpaired) electrons. The van der Waals surface area contributed by atoms with E-state index < -0.39 is 11.9 Å². The molecule has 2 aromatic rings. The molecular weight excluding hydrogens is 320 g/mol. The van der Waals surface area contributed by atoms with Crippen molar-refractivity contribution in [1.29, 1.82) is 0 Å². The first-order valence-corrected chi connectivity index (χ1v) is 8.59. The number of nitrogens with zero attached hydrogens (tertiary/aromatic N) is 2. The average molecular weight is 340 g/mol. The third-order valence-electron chi connectivity index (χ3n) is 5.17. The molecule has 130 valence electrons. The van der Waals surface area contributed by atoms with Crippen molar-refractivity contribution in [3.05, 3.63) is 41.9 Å². The van der Waals surface area contributed by atoms with Gasteiger partial charge >= 0.3 is 5.97 Å². The summed E-state index contributed by atoms with van der Waals surface area (Å²) < 4.78 is 5.67. The highest BCUT2D eigenvalue weighted by molar-refractivity contribution is 5.98. The van der Waals surface area contributed by atoms with Gasteiger partial charge in [-0.1, -0.05) is 30.3 Å². The van der Waals surface area contributed by atoms with Gasteiger partial charge in [0.1, 0.15) is 0 Å². The number of hydrogen-bond donors (Lipinski definition) is 1. The molecule has 6 nitrogen and oxygen atoms in total. The molecule has 1 aromatic heterocycles. The number of aliphatic carboxylic acids is 1. The molecule has 1 N–H and O–H groups in total. The summed E-state index contributed by atoms with van der Waals surface area (Å²) in [6.07, 6.45) is 2.13. The molecule has 1 aromatic carbocycles. The molecule has 0 spiro atoms. The second-order valence-corrected chi connectivity index (χ2v) is 6.93. The van der Waals surface area contributed by atoms with Gasteiger partial charge in [-0.25, -0.2) is 4.98 Å². The van der Waals surface area contributed by atoms with E-state index in [9.17, 15) is 14.7 Å². The first kappa shape index (κ1) is 15.9. The number of aromatic nitrogens is 1. The monoisotopic (exact) mass is 340 g/mol. The van der Waals surface area contributed by atoms with Crippen molar-refractivity contribution in [2.24, 2.45) is 17.8 Å². The summed E-state index contributed by atoms with van der Waals surface area (Å²) >= 11 is 0. The number of oxazole rings is 1. The molecule has 0 bridgehead atoms. The maximum absolute atomic E-state index is 13.0.